The molecule has 0 radical (unpaired) electrons. The minimum Gasteiger partial charge on any atom is -0.481 e. The molecule has 2 aliphatic rings. The standard InChI is InChI=1S/2C12H14O3/c2*13-12(14)10-7-4-8-15-11(10)9-5-2-1-3-6-9/h2*1-3,5-6,10-11H,4,7-8H2,(H,13,14)/t2*10-,11+/m10/s1. The SMILES string of the molecule is O=C(O)[C@@H]1CCCO[C@H]1c1ccccc1.O=C(O)[C@H]1CCCO[C@@H]1c1ccccc1. The van der Waals surface area contributed by atoms with Crippen LogP contribution in [-0.4, -0.2) is 35.4 Å². The maximum absolute atomic E-state index is 11.1. The number of aliphatic carboxylic acids is 2. The van der Waals surface area contributed by atoms with Gasteiger partial charge in [0.05, 0.1) is 24.0 Å². The lowest BCUT2D eigenvalue weighted by atomic mass is 9.90. The monoisotopic (exact) mass is 412 g/mol. The lowest BCUT2D eigenvalue weighted by Crippen LogP contribution is -2.28. The average Bonchev–Trinajstić information content (AvgIpc) is 2.80. The second-order valence-electron chi connectivity index (χ2n) is 7.58. The van der Waals surface area contributed by atoms with Gasteiger partial charge in [0.1, 0.15) is 0 Å². The number of carboxylic acids is 2. The summed E-state index contributed by atoms with van der Waals surface area (Å²) in [6, 6.07) is 19.2. The van der Waals surface area contributed by atoms with Gasteiger partial charge >= 0.3 is 11.9 Å². The molecule has 6 nitrogen and oxygen atoms in total. The summed E-state index contributed by atoms with van der Waals surface area (Å²) >= 11 is 0. The molecule has 0 unspecified atom stereocenters. The van der Waals surface area contributed by atoms with Crippen LogP contribution in [0, 0.1) is 11.8 Å². The second-order valence-corrected chi connectivity index (χ2v) is 7.58. The average molecular weight is 412 g/mol. The van der Waals surface area contributed by atoms with Gasteiger partial charge in [0.15, 0.2) is 0 Å². The van der Waals surface area contributed by atoms with E-state index in [1.54, 1.807) is 0 Å². The smallest absolute Gasteiger partial charge is 0.309 e. The van der Waals surface area contributed by atoms with Crippen molar-refractivity contribution in [2.75, 3.05) is 13.2 Å². The second kappa shape index (κ2) is 10.9. The molecule has 4 atom stereocenters. The van der Waals surface area contributed by atoms with Crippen molar-refractivity contribution in [2.24, 2.45) is 11.8 Å². The van der Waals surface area contributed by atoms with E-state index < -0.39 is 23.8 Å². The molecule has 2 aromatic rings. The molecule has 2 fully saturated rings. The van der Waals surface area contributed by atoms with Gasteiger partial charge in [0, 0.05) is 13.2 Å². The molecular weight excluding hydrogens is 384 g/mol. The fraction of sp³-hybridized carbons (Fsp3) is 0.417. The maximum Gasteiger partial charge on any atom is 0.309 e. The normalized spacial score (nSPS) is 26.1. The highest BCUT2D eigenvalue weighted by Gasteiger charge is 2.33. The van der Waals surface area contributed by atoms with Gasteiger partial charge in [-0.3, -0.25) is 9.59 Å². The van der Waals surface area contributed by atoms with Crippen molar-refractivity contribution in [2.45, 2.75) is 37.9 Å². The van der Waals surface area contributed by atoms with E-state index in [2.05, 4.69) is 0 Å². The molecule has 160 valence electrons. The van der Waals surface area contributed by atoms with E-state index in [1.165, 1.54) is 0 Å². The van der Waals surface area contributed by atoms with E-state index in [-0.39, 0.29) is 12.2 Å². The van der Waals surface area contributed by atoms with Crippen LogP contribution in [0.3, 0.4) is 0 Å². The zero-order chi connectivity index (χ0) is 21.3. The summed E-state index contributed by atoms with van der Waals surface area (Å²) in [7, 11) is 0. The fourth-order valence-corrected chi connectivity index (χ4v) is 4.01. The summed E-state index contributed by atoms with van der Waals surface area (Å²) in [6.07, 6.45) is 2.51. The van der Waals surface area contributed by atoms with Crippen molar-refractivity contribution in [3.63, 3.8) is 0 Å². The van der Waals surface area contributed by atoms with Gasteiger partial charge in [0.2, 0.25) is 0 Å². The van der Waals surface area contributed by atoms with Crippen LogP contribution >= 0.6 is 0 Å². The molecule has 2 aromatic carbocycles. The number of benzene rings is 2. The van der Waals surface area contributed by atoms with Crippen molar-refractivity contribution in [1.82, 2.24) is 0 Å². The molecule has 0 saturated carbocycles. The summed E-state index contributed by atoms with van der Waals surface area (Å²) in [5.74, 6) is -2.32. The van der Waals surface area contributed by atoms with Crippen molar-refractivity contribution >= 4 is 11.9 Å². The van der Waals surface area contributed by atoms with Crippen molar-refractivity contribution in [3.05, 3.63) is 71.8 Å². The van der Waals surface area contributed by atoms with Gasteiger partial charge in [0.25, 0.3) is 0 Å². The first kappa shape index (κ1) is 22.0. The van der Waals surface area contributed by atoms with E-state index in [0.29, 0.717) is 26.1 Å². The third kappa shape index (κ3) is 5.68. The van der Waals surface area contributed by atoms with Gasteiger partial charge in [-0.25, -0.2) is 0 Å². The Balaban J connectivity index is 0.000000171. The van der Waals surface area contributed by atoms with Crippen LogP contribution in [0.2, 0.25) is 0 Å². The molecule has 2 saturated heterocycles. The van der Waals surface area contributed by atoms with E-state index >= 15 is 0 Å². The minimum atomic E-state index is -0.761. The van der Waals surface area contributed by atoms with E-state index in [9.17, 15) is 9.59 Å². The van der Waals surface area contributed by atoms with E-state index in [4.69, 9.17) is 19.7 Å². The highest BCUT2D eigenvalue weighted by Crippen LogP contribution is 2.34. The summed E-state index contributed by atoms with van der Waals surface area (Å²) < 4.78 is 11.1. The Hall–Kier alpha value is -2.70. The molecule has 0 aliphatic carbocycles. The predicted molar refractivity (Wildman–Crippen MR) is 111 cm³/mol. The third-order valence-electron chi connectivity index (χ3n) is 5.54. The van der Waals surface area contributed by atoms with Crippen LogP contribution < -0.4 is 0 Å². The highest BCUT2D eigenvalue weighted by molar-refractivity contribution is 5.71. The predicted octanol–water partition coefficient (Wildman–Crippen LogP) is 4.48. The molecular formula is C24H28O6. The molecule has 0 aromatic heterocycles. The first-order chi connectivity index (χ1) is 14.6. The third-order valence-corrected chi connectivity index (χ3v) is 5.54. The van der Waals surface area contributed by atoms with Crippen LogP contribution in [-0.2, 0) is 19.1 Å². The Kier molecular flexibility index (Phi) is 7.99. The summed E-state index contributed by atoms with van der Waals surface area (Å²) in [5, 5.41) is 18.2. The lowest BCUT2D eigenvalue weighted by molar-refractivity contribution is -0.153. The Bertz CT molecular complexity index is 737. The topological polar surface area (TPSA) is 93.1 Å². The van der Waals surface area contributed by atoms with Crippen molar-refractivity contribution in [1.29, 1.82) is 0 Å². The molecule has 30 heavy (non-hydrogen) atoms. The van der Waals surface area contributed by atoms with Crippen molar-refractivity contribution in [3.8, 4) is 0 Å². The molecule has 2 heterocycles. The van der Waals surface area contributed by atoms with E-state index in [0.717, 1.165) is 24.0 Å². The molecule has 0 spiro atoms. The van der Waals surface area contributed by atoms with Crippen LogP contribution in [0.25, 0.3) is 0 Å². The quantitative estimate of drug-likeness (QED) is 0.769. The first-order valence-electron chi connectivity index (χ1n) is 10.4. The Morgan fingerprint density at radius 1 is 0.667 bits per heavy atom. The van der Waals surface area contributed by atoms with E-state index in [1.807, 2.05) is 60.7 Å². The highest BCUT2D eigenvalue weighted by atomic mass is 16.5. The van der Waals surface area contributed by atoms with Gasteiger partial charge in [-0.05, 0) is 36.8 Å². The molecule has 6 heteroatoms. The van der Waals surface area contributed by atoms with Crippen LogP contribution in [0.5, 0.6) is 0 Å². The number of ether oxygens (including phenoxy) is 2. The minimum absolute atomic E-state index is 0.280. The Morgan fingerprint density at radius 2 is 1.03 bits per heavy atom. The van der Waals surface area contributed by atoms with Crippen LogP contribution in [0.4, 0.5) is 0 Å². The summed E-state index contributed by atoms with van der Waals surface area (Å²) in [4.78, 5) is 22.1. The van der Waals surface area contributed by atoms with Gasteiger partial charge in [-0.1, -0.05) is 60.7 Å². The van der Waals surface area contributed by atoms with Gasteiger partial charge in [-0.2, -0.15) is 0 Å². The molecule has 4 rings (SSSR count). The van der Waals surface area contributed by atoms with Crippen LogP contribution in [0.1, 0.15) is 49.0 Å². The number of carbonyl (C=O) groups is 2. The number of hydrogen-bond donors (Lipinski definition) is 2. The number of rotatable bonds is 4. The lowest BCUT2D eigenvalue weighted by Gasteiger charge is -2.29. The zero-order valence-electron chi connectivity index (χ0n) is 16.9. The first-order valence-corrected chi connectivity index (χ1v) is 10.4. The zero-order valence-corrected chi connectivity index (χ0v) is 16.9. The summed E-state index contributed by atoms with van der Waals surface area (Å²) in [6.45, 7) is 1.31. The van der Waals surface area contributed by atoms with Crippen LogP contribution in [0.15, 0.2) is 60.7 Å². The molecule has 2 N–H and O–H groups in total. The maximum atomic E-state index is 11.1. The largest absolute Gasteiger partial charge is 0.481 e. The summed E-state index contributed by atoms with van der Waals surface area (Å²) in [5.41, 5.74) is 1.93. The number of carboxylic acid groups (broad SMARTS) is 2. The molecule has 0 amide bonds. The Labute approximate surface area is 176 Å². The van der Waals surface area contributed by atoms with Gasteiger partial charge < -0.3 is 19.7 Å². The molecule has 2 aliphatic heterocycles. The Morgan fingerprint density at radius 3 is 1.37 bits per heavy atom. The van der Waals surface area contributed by atoms with Crippen molar-refractivity contribution < 1.29 is 29.3 Å². The number of hydrogen-bond acceptors (Lipinski definition) is 4. The fourth-order valence-electron chi connectivity index (χ4n) is 4.01. The molecule has 0 bridgehead atoms. The van der Waals surface area contributed by atoms with Gasteiger partial charge in [-0.15, -0.1) is 0 Å².